The fourth-order valence-electron chi connectivity index (χ4n) is 4.12. The van der Waals surface area contributed by atoms with E-state index in [4.69, 9.17) is 14.2 Å². The Kier molecular flexibility index (Phi) is 7.34. The van der Waals surface area contributed by atoms with Gasteiger partial charge in [-0.05, 0) is 53.6 Å². The summed E-state index contributed by atoms with van der Waals surface area (Å²) < 4.78 is 16.3. The zero-order chi connectivity index (χ0) is 25.7. The molecule has 1 aliphatic heterocycles. The molecule has 1 saturated heterocycles. The number of benzene rings is 2. The summed E-state index contributed by atoms with van der Waals surface area (Å²) in [5, 5.41) is 11.3. The fraction of sp³-hybridized carbons (Fsp3) is 0.179. The fourth-order valence-corrected chi connectivity index (χ4v) is 4.12. The molecule has 0 radical (unpaired) electrons. The molecule has 184 valence electrons. The van der Waals surface area contributed by atoms with E-state index in [-0.39, 0.29) is 17.9 Å². The second kappa shape index (κ2) is 10.8. The Hall–Kier alpha value is -4.59. The molecule has 0 aliphatic carbocycles. The Labute approximate surface area is 209 Å². The van der Waals surface area contributed by atoms with Gasteiger partial charge in [0, 0.05) is 24.5 Å². The van der Waals surface area contributed by atoms with Crippen molar-refractivity contribution in [2.45, 2.75) is 12.6 Å². The Morgan fingerprint density at radius 2 is 1.83 bits per heavy atom. The van der Waals surface area contributed by atoms with Gasteiger partial charge in [-0.25, -0.2) is 0 Å². The van der Waals surface area contributed by atoms with Crippen LogP contribution in [-0.4, -0.2) is 47.5 Å². The van der Waals surface area contributed by atoms with E-state index in [1.807, 2.05) is 6.07 Å². The van der Waals surface area contributed by atoms with Crippen molar-refractivity contribution in [3.8, 4) is 17.2 Å². The van der Waals surface area contributed by atoms with Crippen molar-refractivity contribution in [3.63, 3.8) is 0 Å². The van der Waals surface area contributed by atoms with Crippen LogP contribution in [0.2, 0.25) is 0 Å². The minimum absolute atomic E-state index is 0.0177. The molecule has 8 heteroatoms. The molecule has 0 spiro atoms. The highest BCUT2D eigenvalue weighted by atomic mass is 16.5. The molecule has 1 aromatic heterocycles. The summed E-state index contributed by atoms with van der Waals surface area (Å²) in [5.74, 6) is -0.252. The molecule has 1 aliphatic rings. The number of nitrogens with zero attached hydrogens (tertiary/aromatic N) is 2. The number of hydrogen-bond acceptors (Lipinski definition) is 7. The second-order valence-electron chi connectivity index (χ2n) is 8.03. The third-order valence-corrected chi connectivity index (χ3v) is 5.83. The topological polar surface area (TPSA) is 98.2 Å². The van der Waals surface area contributed by atoms with Crippen LogP contribution in [0.4, 0.5) is 0 Å². The van der Waals surface area contributed by atoms with Crippen molar-refractivity contribution in [3.05, 3.63) is 102 Å². The molecule has 4 rings (SSSR count). The minimum atomic E-state index is -0.860. The summed E-state index contributed by atoms with van der Waals surface area (Å²) in [6.07, 6.45) is 4.89. The maximum absolute atomic E-state index is 13.3. The van der Waals surface area contributed by atoms with Crippen LogP contribution in [0, 0.1) is 0 Å². The number of likely N-dealkylation sites (tertiary alicyclic amines) is 1. The zero-order valence-electron chi connectivity index (χ0n) is 20.0. The Balaban J connectivity index is 1.83. The minimum Gasteiger partial charge on any atom is -0.507 e. The molecule has 3 aromatic rings. The van der Waals surface area contributed by atoms with E-state index in [0.29, 0.717) is 35.0 Å². The van der Waals surface area contributed by atoms with Gasteiger partial charge in [0.25, 0.3) is 11.7 Å². The average molecular weight is 487 g/mol. The van der Waals surface area contributed by atoms with Crippen LogP contribution in [0.5, 0.6) is 17.2 Å². The van der Waals surface area contributed by atoms with E-state index in [0.717, 1.165) is 5.56 Å². The molecule has 1 amide bonds. The summed E-state index contributed by atoms with van der Waals surface area (Å²) in [6.45, 7) is 4.08. The lowest BCUT2D eigenvalue weighted by Crippen LogP contribution is -2.29. The first-order chi connectivity index (χ1) is 17.5. The van der Waals surface area contributed by atoms with Gasteiger partial charge in [0.05, 0.1) is 25.8 Å². The molecular weight excluding hydrogens is 460 g/mol. The normalized spacial score (nSPS) is 16.6. The largest absolute Gasteiger partial charge is 0.507 e. The summed E-state index contributed by atoms with van der Waals surface area (Å²) in [7, 11) is 3.03. The van der Waals surface area contributed by atoms with Gasteiger partial charge in [-0.1, -0.05) is 24.8 Å². The molecule has 1 fully saturated rings. The molecule has 36 heavy (non-hydrogen) atoms. The predicted molar refractivity (Wildman–Crippen MR) is 134 cm³/mol. The number of pyridine rings is 1. The Morgan fingerprint density at radius 1 is 1.08 bits per heavy atom. The second-order valence-corrected chi connectivity index (χ2v) is 8.03. The first-order valence-corrected chi connectivity index (χ1v) is 11.2. The lowest BCUT2D eigenvalue weighted by atomic mass is 9.94. The smallest absolute Gasteiger partial charge is 0.295 e. The van der Waals surface area contributed by atoms with Crippen LogP contribution in [0.25, 0.3) is 5.76 Å². The molecular formula is C28H26N2O6. The highest BCUT2D eigenvalue weighted by molar-refractivity contribution is 6.46. The predicted octanol–water partition coefficient (Wildman–Crippen LogP) is 4.29. The van der Waals surface area contributed by atoms with Crippen molar-refractivity contribution < 1.29 is 28.9 Å². The number of hydrogen-bond donors (Lipinski definition) is 1. The van der Waals surface area contributed by atoms with Gasteiger partial charge in [0.15, 0.2) is 11.5 Å². The molecule has 2 aromatic carbocycles. The number of aliphatic hydroxyl groups is 1. The molecule has 0 saturated carbocycles. The first-order valence-electron chi connectivity index (χ1n) is 11.2. The monoisotopic (exact) mass is 486 g/mol. The highest BCUT2D eigenvalue weighted by Gasteiger charge is 2.46. The van der Waals surface area contributed by atoms with E-state index >= 15 is 0 Å². The maximum Gasteiger partial charge on any atom is 0.295 e. The Bertz CT molecular complexity index is 1300. The van der Waals surface area contributed by atoms with Crippen molar-refractivity contribution in [2.75, 3.05) is 20.8 Å². The first kappa shape index (κ1) is 24.5. The molecule has 8 nitrogen and oxygen atoms in total. The standard InChI is InChI=1S/C28H26N2O6/c1-4-14-36-21-10-7-19(8-11-21)26(31)24-25(20-9-12-22(34-2)23(15-20)35-3)30(28(33)27(24)32)17-18-6-5-13-29-16-18/h4-13,15-16,25,31H,1,14,17H2,2-3H3. The van der Waals surface area contributed by atoms with Crippen molar-refractivity contribution >= 4 is 17.4 Å². The summed E-state index contributed by atoms with van der Waals surface area (Å²) in [6, 6.07) is 14.5. The summed E-state index contributed by atoms with van der Waals surface area (Å²) in [4.78, 5) is 32.0. The van der Waals surface area contributed by atoms with Crippen LogP contribution in [0.1, 0.15) is 22.7 Å². The number of Topliss-reactive ketones (excluding diaryl/α,β-unsaturated/α-hetero) is 1. The molecule has 1 N–H and O–H groups in total. The van der Waals surface area contributed by atoms with E-state index < -0.39 is 17.7 Å². The number of carbonyl (C=O) groups is 2. The molecule has 2 heterocycles. The lowest BCUT2D eigenvalue weighted by molar-refractivity contribution is -0.140. The number of ether oxygens (including phenoxy) is 3. The van der Waals surface area contributed by atoms with Crippen molar-refractivity contribution in [2.24, 2.45) is 0 Å². The molecule has 1 atom stereocenters. The zero-order valence-corrected chi connectivity index (χ0v) is 20.0. The SMILES string of the molecule is C=CCOc1ccc(C(O)=C2C(=O)C(=O)N(Cc3cccnc3)C2c2ccc(OC)c(OC)c2)cc1. The van der Waals surface area contributed by atoms with Crippen LogP contribution in [-0.2, 0) is 16.1 Å². The van der Waals surface area contributed by atoms with Gasteiger partial charge < -0.3 is 24.2 Å². The average Bonchev–Trinajstić information content (AvgIpc) is 3.16. The maximum atomic E-state index is 13.3. The number of amides is 1. The van der Waals surface area contributed by atoms with E-state index in [2.05, 4.69) is 11.6 Å². The van der Waals surface area contributed by atoms with Crippen LogP contribution in [0.15, 0.2) is 85.2 Å². The van der Waals surface area contributed by atoms with Gasteiger partial charge in [0.2, 0.25) is 0 Å². The van der Waals surface area contributed by atoms with Crippen LogP contribution < -0.4 is 14.2 Å². The van der Waals surface area contributed by atoms with Crippen molar-refractivity contribution in [1.29, 1.82) is 0 Å². The van der Waals surface area contributed by atoms with E-state index in [1.165, 1.54) is 19.1 Å². The van der Waals surface area contributed by atoms with Gasteiger partial charge >= 0.3 is 0 Å². The Morgan fingerprint density at radius 3 is 2.47 bits per heavy atom. The van der Waals surface area contributed by atoms with Crippen LogP contribution >= 0.6 is 0 Å². The van der Waals surface area contributed by atoms with Gasteiger partial charge in [-0.15, -0.1) is 0 Å². The van der Waals surface area contributed by atoms with Gasteiger partial charge in [0.1, 0.15) is 18.1 Å². The quantitative estimate of drug-likeness (QED) is 0.209. The number of carbonyl (C=O) groups excluding carboxylic acids is 2. The van der Waals surface area contributed by atoms with E-state index in [1.54, 1.807) is 67.0 Å². The van der Waals surface area contributed by atoms with Gasteiger partial charge in [-0.2, -0.15) is 0 Å². The summed E-state index contributed by atoms with van der Waals surface area (Å²) in [5.41, 5.74) is 1.69. The number of ketones is 1. The van der Waals surface area contributed by atoms with Crippen molar-refractivity contribution in [1.82, 2.24) is 9.88 Å². The number of methoxy groups -OCH3 is 2. The lowest BCUT2D eigenvalue weighted by Gasteiger charge is -2.26. The van der Waals surface area contributed by atoms with E-state index in [9.17, 15) is 14.7 Å². The molecule has 0 bridgehead atoms. The van der Waals surface area contributed by atoms with Crippen LogP contribution in [0.3, 0.4) is 0 Å². The number of aliphatic hydroxyl groups excluding tert-OH is 1. The van der Waals surface area contributed by atoms with Gasteiger partial charge in [-0.3, -0.25) is 14.6 Å². The number of rotatable bonds is 9. The number of aromatic nitrogens is 1. The summed E-state index contributed by atoms with van der Waals surface area (Å²) >= 11 is 0. The highest BCUT2D eigenvalue weighted by Crippen LogP contribution is 2.42. The molecule has 1 unspecified atom stereocenters. The third kappa shape index (κ3) is 4.79. The third-order valence-electron chi connectivity index (χ3n) is 5.83.